The summed E-state index contributed by atoms with van der Waals surface area (Å²) < 4.78 is 0. The Hall–Kier alpha value is -2.52. The summed E-state index contributed by atoms with van der Waals surface area (Å²) in [6, 6.07) is 8.71. The quantitative estimate of drug-likeness (QED) is 0.582. The van der Waals surface area contributed by atoms with E-state index >= 15 is 0 Å². The van der Waals surface area contributed by atoms with Crippen LogP contribution in [0.2, 0.25) is 0 Å². The molecule has 0 aromatic heterocycles. The first-order chi connectivity index (χ1) is 11.1. The van der Waals surface area contributed by atoms with E-state index in [0.29, 0.717) is 6.42 Å². The molecule has 0 saturated heterocycles. The minimum atomic E-state index is 0.693. The lowest BCUT2D eigenvalue weighted by Crippen LogP contribution is -1.90. The second kappa shape index (κ2) is 7.65. The van der Waals surface area contributed by atoms with Gasteiger partial charge in [-0.1, -0.05) is 60.7 Å². The summed E-state index contributed by atoms with van der Waals surface area (Å²) in [5.74, 6) is 2.80. The molecule has 0 heterocycles. The van der Waals surface area contributed by atoms with Crippen LogP contribution >= 0.6 is 0 Å². The SMILES string of the molecule is C#CCC1=C(/C=C\C)C(=C/C=C)/C(=C(\C)c2ccc(C)cc2)C1. The van der Waals surface area contributed by atoms with E-state index in [1.165, 1.54) is 39.0 Å². The Morgan fingerprint density at radius 1 is 1.30 bits per heavy atom. The fraction of sp³-hybridized carbons (Fsp3) is 0.217. The Bertz CT molecular complexity index is 753. The van der Waals surface area contributed by atoms with Gasteiger partial charge in [0, 0.05) is 6.42 Å². The van der Waals surface area contributed by atoms with Gasteiger partial charge in [0.05, 0.1) is 0 Å². The first-order valence-corrected chi connectivity index (χ1v) is 8.00. The van der Waals surface area contributed by atoms with Crippen molar-refractivity contribution in [1.82, 2.24) is 0 Å². The normalized spacial score (nSPS) is 18.6. The van der Waals surface area contributed by atoms with Gasteiger partial charge in [-0.25, -0.2) is 0 Å². The van der Waals surface area contributed by atoms with Crippen LogP contribution in [0.3, 0.4) is 0 Å². The molecule has 0 spiro atoms. The van der Waals surface area contributed by atoms with E-state index in [4.69, 9.17) is 6.42 Å². The fourth-order valence-corrected chi connectivity index (χ4v) is 3.03. The lowest BCUT2D eigenvalue weighted by Gasteiger charge is -2.10. The number of aryl methyl sites for hydroxylation is 1. The topological polar surface area (TPSA) is 0 Å². The Balaban J connectivity index is 2.57. The Morgan fingerprint density at radius 2 is 2.00 bits per heavy atom. The summed E-state index contributed by atoms with van der Waals surface area (Å²) in [6.07, 6.45) is 15.4. The largest absolute Gasteiger partial charge is 0.120 e. The second-order valence-corrected chi connectivity index (χ2v) is 5.86. The van der Waals surface area contributed by atoms with Gasteiger partial charge in [-0.2, -0.15) is 0 Å². The Kier molecular flexibility index (Phi) is 5.61. The number of rotatable bonds is 4. The monoisotopic (exact) mass is 300 g/mol. The van der Waals surface area contributed by atoms with Crippen LogP contribution in [0.25, 0.3) is 5.57 Å². The maximum Gasteiger partial charge on any atom is 0.0309 e. The van der Waals surface area contributed by atoms with Crippen molar-refractivity contribution in [2.24, 2.45) is 0 Å². The van der Waals surface area contributed by atoms with Crippen molar-refractivity contribution in [1.29, 1.82) is 0 Å². The predicted molar refractivity (Wildman–Crippen MR) is 102 cm³/mol. The molecule has 1 aromatic carbocycles. The highest BCUT2D eigenvalue weighted by Crippen LogP contribution is 2.42. The van der Waals surface area contributed by atoms with E-state index in [1.54, 1.807) is 0 Å². The molecular formula is C23H24. The van der Waals surface area contributed by atoms with E-state index in [-0.39, 0.29) is 0 Å². The molecule has 0 atom stereocenters. The van der Waals surface area contributed by atoms with Gasteiger partial charge in [0.2, 0.25) is 0 Å². The lowest BCUT2D eigenvalue weighted by molar-refractivity contribution is 1.12. The Labute approximate surface area is 140 Å². The van der Waals surface area contributed by atoms with E-state index in [9.17, 15) is 0 Å². The van der Waals surface area contributed by atoms with Gasteiger partial charge in [0.1, 0.15) is 0 Å². The third kappa shape index (κ3) is 3.63. The average molecular weight is 300 g/mol. The second-order valence-electron chi connectivity index (χ2n) is 5.86. The zero-order valence-corrected chi connectivity index (χ0v) is 14.3. The van der Waals surface area contributed by atoms with E-state index in [0.717, 1.165) is 6.42 Å². The van der Waals surface area contributed by atoms with Crippen molar-refractivity contribution in [3.8, 4) is 12.3 Å². The molecule has 1 aromatic rings. The molecule has 0 amide bonds. The highest BCUT2D eigenvalue weighted by atomic mass is 14.3. The number of terminal acetylenes is 1. The molecule has 0 saturated carbocycles. The first kappa shape index (κ1) is 16.8. The van der Waals surface area contributed by atoms with Crippen molar-refractivity contribution in [2.45, 2.75) is 33.6 Å². The molecule has 0 bridgehead atoms. The third-order valence-electron chi connectivity index (χ3n) is 4.26. The highest BCUT2D eigenvalue weighted by Gasteiger charge is 2.23. The standard InChI is InChI=1S/C23H24/c1-6-9-20-16-23(22(11-8-3)21(20)10-7-2)18(5)19-14-12-17(4)13-15-19/h1,7-8,10-15H,3,9,16H2,2,4-5H3/b10-7-,22-11-,23-18+. The van der Waals surface area contributed by atoms with Crippen LogP contribution in [-0.4, -0.2) is 0 Å². The van der Waals surface area contributed by atoms with Crippen LogP contribution in [0, 0.1) is 19.3 Å². The number of benzene rings is 1. The van der Waals surface area contributed by atoms with Gasteiger partial charge >= 0.3 is 0 Å². The maximum atomic E-state index is 5.57. The van der Waals surface area contributed by atoms with Crippen LogP contribution in [0.1, 0.15) is 37.8 Å². The molecule has 0 heteroatoms. The van der Waals surface area contributed by atoms with Crippen LogP contribution < -0.4 is 0 Å². The summed E-state index contributed by atoms with van der Waals surface area (Å²) in [7, 11) is 0. The van der Waals surface area contributed by atoms with Crippen LogP contribution in [-0.2, 0) is 0 Å². The Morgan fingerprint density at radius 3 is 2.57 bits per heavy atom. The van der Waals surface area contributed by atoms with Gasteiger partial charge in [0.15, 0.2) is 0 Å². The molecule has 0 nitrogen and oxygen atoms in total. The summed E-state index contributed by atoms with van der Waals surface area (Å²) in [5.41, 5.74) is 9.04. The number of allylic oxidation sites excluding steroid dienone is 9. The van der Waals surface area contributed by atoms with E-state index < -0.39 is 0 Å². The van der Waals surface area contributed by atoms with Crippen LogP contribution in [0.5, 0.6) is 0 Å². The zero-order chi connectivity index (χ0) is 16.8. The third-order valence-corrected chi connectivity index (χ3v) is 4.26. The van der Waals surface area contributed by atoms with Crippen LogP contribution in [0.15, 0.2) is 77.4 Å². The summed E-state index contributed by atoms with van der Waals surface area (Å²) in [5, 5.41) is 0. The van der Waals surface area contributed by atoms with Crippen molar-refractivity contribution in [3.63, 3.8) is 0 Å². The summed E-state index contributed by atoms with van der Waals surface area (Å²) in [6.45, 7) is 10.2. The molecule has 0 N–H and O–H groups in total. The average Bonchev–Trinajstić information content (AvgIpc) is 2.87. The fourth-order valence-electron chi connectivity index (χ4n) is 3.03. The van der Waals surface area contributed by atoms with Gasteiger partial charge < -0.3 is 0 Å². The minimum absolute atomic E-state index is 0.693. The van der Waals surface area contributed by atoms with Gasteiger partial charge in [-0.3, -0.25) is 0 Å². The lowest BCUT2D eigenvalue weighted by atomic mass is 9.94. The van der Waals surface area contributed by atoms with E-state index in [1.807, 2.05) is 13.0 Å². The molecule has 0 unspecified atom stereocenters. The molecule has 1 aliphatic rings. The van der Waals surface area contributed by atoms with Gasteiger partial charge in [-0.15, -0.1) is 12.3 Å². The molecular weight excluding hydrogens is 276 g/mol. The van der Waals surface area contributed by atoms with Crippen molar-refractivity contribution < 1.29 is 0 Å². The molecule has 0 aliphatic heterocycles. The number of hydrogen-bond donors (Lipinski definition) is 0. The highest BCUT2D eigenvalue weighted by molar-refractivity contribution is 5.78. The van der Waals surface area contributed by atoms with Crippen molar-refractivity contribution >= 4 is 5.57 Å². The zero-order valence-electron chi connectivity index (χ0n) is 14.3. The molecule has 0 fully saturated rings. The van der Waals surface area contributed by atoms with Crippen molar-refractivity contribution in [3.05, 3.63) is 88.6 Å². The number of hydrogen-bond acceptors (Lipinski definition) is 0. The minimum Gasteiger partial charge on any atom is -0.120 e. The predicted octanol–water partition coefficient (Wildman–Crippen LogP) is 6.18. The summed E-state index contributed by atoms with van der Waals surface area (Å²) in [4.78, 5) is 0. The van der Waals surface area contributed by atoms with Gasteiger partial charge in [0.25, 0.3) is 0 Å². The van der Waals surface area contributed by atoms with Crippen molar-refractivity contribution in [2.75, 3.05) is 0 Å². The molecule has 23 heavy (non-hydrogen) atoms. The van der Waals surface area contributed by atoms with E-state index in [2.05, 4.69) is 68.8 Å². The van der Waals surface area contributed by atoms with Crippen LogP contribution in [0.4, 0.5) is 0 Å². The maximum absolute atomic E-state index is 5.57. The molecule has 0 radical (unpaired) electrons. The summed E-state index contributed by atoms with van der Waals surface area (Å²) >= 11 is 0. The molecule has 116 valence electrons. The molecule has 2 rings (SSSR count). The van der Waals surface area contributed by atoms with Gasteiger partial charge in [-0.05, 0) is 60.6 Å². The smallest absolute Gasteiger partial charge is 0.0309 e. The first-order valence-electron chi connectivity index (χ1n) is 8.00. The molecule has 1 aliphatic carbocycles.